The van der Waals surface area contributed by atoms with Gasteiger partial charge in [-0.05, 0) is 49.7 Å². The maximum Gasteiger partial charge on any atom is 0.206 e. The highest BCUT2D eigenvalue weighted by Gasteiger charge is 2.15. The van der Waals surface area contributed by atoms with Gasteiger partial charge in [-0.2, -0.15) is 0 Å². The van der Waals surface area contributed by atoms with Crippen LogP contribution in [0.15, 0.2) is 53.4 Å². The molecule has 5 aromatic rings. The molecule has 37 heavy (non-hydrogen) atoms. The van der Waals surface area contributed by atoms with Crippen molar-refractivity contribution in [2.24, 2.45) is 0 Å². The normalized spacial score (nSPS) is 14.0. The van der Waals surface area contributed by atoms with Crippen molar-refractivity contribution in [1.29, 1.82) is 0 Å². The van der Waals surface area contributed by atoms with Crippen LogP contribution in [-0.2, 0) is 6.54 Å². The van der Waals surface area contributed by atoms with E-state index in [9.17, 15) is 0 Å². The first-order valence-corrected chi connectivity index (χ1v) is 12.0. The van der Waals surface area contributed by atoms with Gasteiger partial charge in [0.15, 0.2) is 0 Å². The highest BCUT2D eigenvalue weighted by atomic mass is 35.5. The number of aromatic amines is 1. The number of nitrogens with one attached hydrogen (secondary N) is 3. The topological polar surface area (TPSA) is 121 Å². The molecule has 0 atom stereocenters. The highest BCUT2D eigenvalue weighted by Crippen LogP contribution is 2.29. The molecule has 1 saturated heterocycles. The number of hydrogen-bond donors (Lipinski definition) is 3. The van der Waals surface area contributed by atoms with E-state index in [4.69, 9.17) is 9.51 Å². The minimum atomic E-state index is 0. The first-order valence-electron chi connectivity index (χ1n) is 12.0. The van der Waals surface area contributed by atoms with Crippen LogP contribution in [-0.4, -0.2) is 61.2 Å². The van der Waals surface area contributed by atoms with E-state index in [1.807, 2.05) is 44.3 Å². The van der Waals surface area contributed by atoms with E-state index in [2.05, 4.69) is 52.8 Å². The van der Waals surface area contributed by atoms with Crippen molar-refractivity contribution in [3.05, 3.63) is 65.9 Å². The van der Waals surface area contributed by atoms with E-state index in [0.29, 0.717) is 5.95 Å². The number of hydrogen-bond acceptors (Lipinski definition) is 9. The number of H-pyrrole nitrogens is 1. The second-order valence-corrected chi connectivity index (χ2v) is 9.01. The van der Waals surface area contributed by atoms with E-state index in [-0.39, 0.29) is 12.4 Å². The second kappa shape index (κ2) is 10.6. The molecule has 11 heteroatoms. The van der Waals surface area contributed by atoms with Gasteiger partial charge in [-0.15, -0.1) is 12.4 Å². The molecule has 4 aromatic heterocycles. The van der Waals surface area contributed by atoms with Gasteiger partial charge in [-0.3, -0.25) is 4.90 Å². The Hall–Kier alpha value is -3.86. The summed E-state index contributed by atoms with van der Waals surface area (Å²) in [5, 5.41) is 10.8. The fourth-order valence-corrected chi connectivity index (χ4v) is 4.62. The smallest absolute Gasteiger partial charge is 0.206 e. The fraction of sp³-hybridized carbons (Fsp3) is 0.269. The molecule has 10 nitrogen and oxygen atoms in total. The third-order valence-electron chi connectivity index (χ3n) is 6.42. The number of aromatic nitrogens is 6. The fourth-order valence-electron chi connectivity index (χ4n) is 4.62. The Labute approximate surface area is 220 Å². The minimum Gasteiger partial charge on any atom is -0.361 e. The summed E-state index contributed by atoms with van der Waals surface area (Å²) in [5.41, 5.74) is 7.27. The van der Waals surface area contributed by atoms with Crippen molar-refractivity contribution in [3.63, 3.8) is 0 Å². The standard InChI is InChI=1S/C26H27N9O.ClH/c1-16-25(17(2)36-34-16)23-13-21(29-15-30-23)19-3-4-20-22(12-19)32-26(31-20)33-24-11-18(5-6-28-24)14-35-9-7-27-8-10-35;/h3-6,11-13,15,27H,7-10,14H2,1-2H3,(H2,28,31,32,33);1H. The Balaban J connectivity index is 0.00000280. The molecule has 3 N–H and O–H groups in total. The van der Waals surface area contributed by atoms with Gasteiger partial charge in [0.2, 0.25) is 5.95 Å². The van der Waals surface area contributed by atoms with Crippen LogP contribution >= 0.6 is 12.4 Å². The summed E-state index contributed by atoms with van der Waals surface area (Å²) in [6.07, 6.45) is 3.41. The lowest BCUT2D eigenvalue weighted by atomic mass is 10.1. The molecule has 0 radical (unpaired) electrons. The Morgan fingerprint density at radius 3 is 2.65 bits per heavy atom. The third-order valence-corrected chi connectivity index (χ3v) is 6.42. The summed E-state index contributed by atoms with van der Waals surface area (Å²) in [6, 6.07) is 12.1. The number of imidazole rings is 1. The van der Waals surface area contributed by atoms with Crippen LogP contribution in [0.4, 0.5) is 11.8 Å². The average Bonchev–Trinajstić information content (AvgIpc) is 3.45. The lowest BCUT2D eigenvalue weighted by Crippen LogP contribution is -2.42. The lowest BCUT2D eigenvalue weighted by Gasteiger charge is -2.27. The number of pyridine rings is 1. The van der Waals surface area contributed by atoms with Crippen molar-refractivity contribution in [3.8, 4) is 22.5 Å². The molecule has 0 amide bonds. The van der Waals surface area contributed by atoms with Gasteiger partial charge in [0.1, 0.15) is 17.9 Å². The number of rotatable bonds is 6. The first-order chi connectivity index (χ1) is 17.6. The van der Waals surface area contributed by atoms with Gasteiger partial charge in [-0.25, -0.2) is 19.9 Å². The highest BCUT2D eigenvalue weighted by molar-refractivity contribution is 5.85. The van der Waals surface area contributed by atoms with Crippen molar-refractivity contribution in [2.75, 3.05) is 31.5 Å². The maximum absolute atomic E-state index is 5.31. The van der Waals surface area contributed by atoms with Crippen LogP contribution in [0.5, 0.6) is 0 Å². The number of anilines is 2. The molecule has 0 spiro atoms. The number of halogens is 1. The van der Waals surface area contributed by atoms with Gasteiger partial charge in [-0.1, -0.05) is 11.2 Å². The lowest BCUT2D eigenvalue weighted by molar-refractivity contribution is 0.233. The largest absolute Gasteiger partial charge is 0.361 e. The summed E-state index contributed by atoms with van der Waals surface area (Å²) in [6.45, 7) is 8.90. The van der Waals surface area contributed by atoms with Crippen LogP contribution < -0.4 is 10.6 Å². The van der Waals surface area contributed by atoms with Crippen LogP contribution in [0.3, 0.4) is 0 Å². The summed E-state index contributed by atoms with van der Waals surface area (Å²) < 4.78 is 5.31. The zero-order valence-electron chi connectivity index (χ0n) is 20.7. The molecule has 1 aliphatic heterocycles. The molecule has 5 heterocycles. The zero-order chi connectivity index (χ0) is 24.5. The molecular formula is C26H28ClN9O. The van der Waals surface area contributed by atoms with E-state index < -0.39 is 0 Å². The quantitative estimate of drug-likeness (QED) is 0.303. The Morgan fingerprint density at radius 1 is 1.00 bits per heavy atom. The number of fused-ring (bicyclic) bond motifs is 1. The number of aryl methyl sites for hydroxylation is 2. The molecule has 1 aliphatic rings. The van der Waals surface area contributed by atoms with Crippen molar-refractivity contribution in [2.45, 2.75) is 20.4 Å². The van der Waals surface area contributed by atoms with E-state index in [0.717, 1.165) is 83.5 Å². The molecule has 6 rings (SSSR count). The summed E-state index contributed by atoms with van der Waals surface area (Å²) >= 11 is 0. The van der Waals surface area contributed by atoms with Crippen molar-refractivity contribution < 1.29 is 4.52 Å². The molecule has 0 unspecified atom stereocenters. The van der Waals surface area contributed by atoms with Crippen molar-refractivity contribution >= 4 is 35.2 Å². The van der Waals surface area contributed by atoms with Gasteiger partial charge in [0.05, 0.1) is 33.7 Å². The number of nitrogens with zero attached hydrogens (tertiary/aromatic N) is 6. The summed E-state index contributed by atoms with van der Waals surface area (Å²) in [4.78, 5) is 23.9. The number of piperazine rings is 1. The predicted molar refractivity (Wildman–Crippen MR) is 145 cm³/mol. The minimum absolute atomic E-state index is 0. The predicted octanol–water partition coefficient (Wildman–Crippen LogP) is 4.26. The molecule has 0 aliphatic carbocycles. The van der Waals surface area contributed by atoms with Gasteiger partial charge in [0, 0.05) is 44.5 Å². The van der Waals surface area contributed by atoms with Crippen LogP contribution in [0.25, 0.3) is 33.5 Å². The molecular weight excluding hydrogens is 490 g/mol. The monoisotopic (exact) mass is 517 g/mol. The summed E-state index contributed by atoms with van der Waals surface area (Å²) in [7, 11) is 0. The van der Waals surface area contributed by atoms with Crippen LogP contribution in [0.1, 0.15) is 17.0 Å². The van der Waals surface area contributed by atoms with E-state index in [1.165, 1.54) is 5.56 Å². The van der Waals surface area contributed by atoms with Crippen molar-refractivity contribution in [1.82, 2.24) is 40.3 Å². The molecule has 0 bridgehead atoms. The third kappa shape index (κ3) is 5.31. The SMILES string of the molecule is Cc1noc(C)c1-c1cc(-c2ccc3nc(Nc4cc(CN5CCNCC5)ccn4)[nH]c3c2)ncn1.Cl. The Kier molecular flexibility index (Phi) is 7.13. The van der Waals surface area contributed by atoms with Gasteiger partial charge >= 0.3 is 0 Å². The van der Waals surface area contributed by atoms with Crippen LogP contribution in [0, 0.1) is 13.8 Å². The zero-order valence-corrected chi connectivity index (χ0v) is 21.5. The molecule has 0 saturated carbocycles. The Bertz CT molecular complexity index is 1500. The van der Waals surface area contributed by atoms with Gasteiger partial charge in [0.25, 0.3) is 0 Å². The van der Waals surface area contributed by atoms with E-state index in [1.54, 1.807) is 6.33 Å². The Morgan fingerprint density at radius 2 is 1.84 bits per heavy atom. The molecule has 1 aromatic carbocycles. The van der Waals surface area contributed by atoms with E-state index >= 15 is 0 Å². The molecule has 190 valence electrons. The summed E-state index contributed by atoms with van der Waals surface area (Å²) in [5.74, 6) is 2.15. The average molecular weight is 518 g/mol. The molecule has 1 fully saturated rings. The first kappa shape index (κ1) is 24.8. The van der Waals surface area contributed by atoms with Gasteiger partial charge < -0.3 is 20.1 Å². The van der Waals surface area contributed by atoms with Crippen LogP contribution in [0.2, 0.25) is 0 Å². The second-order valence-electron chi connectivity index (χ2n) is 9.01. The number of benzene rings is 1. The maximum atomic E-state index is 5.31.